The first-order chi connectivity index (χ1) is 13.8. The maximum atomic E-state index is 12.1. The Hall–Kier alpha value is -1.40. The Morgan fingerprint density at radius 3 is 2.27 bits per heavy atom. The molecule has 2 aliphatic heterocycles. The Bertz CT molecular complexity index is 721. The van der Waals surface area contributed by atoms with E-state index in [1.54, 1.807) is 0 Å². The van der Waals surface area contributed by atoms with Crippen LogP contribution in [0, 0.1) is 11.8 Å². The van der Waals surface area contributed by atoms with Crippen molar-refractivity contribution < 1.29 is 18.8 Å². The fraction of sp³-hybridized carbons (Fsp3) is 0.750. The Kier molecular flexibility index (Phi) is 6.69. The summed E-state index contributed by atoms with van der Waals surface area (Å²) in [6.07, 6.45) is 12.1. The molecule has 0 bridgehead atoms. The van der Waals surface area contributed by atoms with E-state index in [9.17, 15) is 4.79 Å². The van der Waals surface area contributed by atoms with Crippen molar-refractivity contribution in [3.63, 3.8) is 0 Å². The van der Waals surface area contributed by atoms with E-state index in [1.807, 2.05) is 27.0 Å². The molecule has 1 saturated carbocycles. The first kappa shape index (κ1) is 23.3. The fourth-order valence-corrected chi connectivity index (χ4v) is 4.18. The molecular weight excluding hydrogens is 377 g/mol. The van der Waals surface area contributed by atoms with Crippen LogP contribution in [0.15, 0.2) is 28.3 Å². The number of esters is 1. The summed E-state index contributed by atoms with van der Waals surface area (Å²) in [6, 6.07) is 0. The summed E-state index contributed by atoms with van der Waals surface area (Å²) in [5, 5.41) is 0. The SMILES string of the molecule is CC(C)(C)OC(=O)CC1CCC(/C=C2/CC=C(B3OC(C)(C)C(C)(C)O3)C=N2)CC1. The maximum Gasteiger partial charge on any atom is 0.496 e. The Morgan fingerprint density at radius 2 is 1.77 bits per heavy atom. The maximum absolute atomic E-state index is 12.1. The molecule has 0 aromatic carbocycles. The average Bonchev–Trinajstić information content (AvgIpc) is 2.83. The smallest absolute Gasteiger partial charge is 0.460 e. The highest BCUT2D eigenvalue weighted by atomic mass is 16.7. The van der Waals surface area contributed by atoms with Crippen molar-refractivity contribution in [2.24, 2.45) is 16.8 Å². The van der Waals surface area contributed by atoms with Gasteiger partial charge in [-0.15, -0.1) is 0 Å². The number of ether oxygens (including phenoxy) is 1. The summed E-state index contributed by atoms with van der Waals surface area (Å²) in [5.74, 6) is 0.916. The number of allylic oxidation sites excluding steroid dienone is 3. The van der Waals surface area contributed by atoms with Gasteiger partial charge in [0.25, 0.3) is 0 Å². The standard InChI is InChI=1S/C24H38BNO4/c1-22(2,3)28-21(27)15-18-10-8-17(9-11-18)14-20-13-12-19(16-26-20)25-29-23(4,5)24(6,7)30-25/h12,14,16-18H,8-11,13,15H2,1-7H3/b20-14-. The summed E-state index contributed by atoms with van der Waals surface area (Å²) in [6.45, 7) is 14.0. The topological polar surface area (TPSA) is 57.1 Å². The molecule has 1 aliphatic carbocycles. The minimum absolute atomic E-state index is 0.0680. The monoisotopic (exact) mass is 415 g/mol. The lowest BCUT2D eigenvalue weighted by Gasteiger charge is -2.32. The van der Waals surface area contributed by atoms with Gasteiger partial charge in [0.1, 0.15) is 5.60 Å². The number of rotatable bonds is 4. The normalized spacial score (nSPS) is 29.8. The number of aliphatic imine (C=N–C) groups is 1. The molecule has 5 nitrogen and oxygen atoms in total. The molecule has 2 fully saturated rings. The van der Waals surface area contributed by atoms with Gasteiger partial charge in [0.15, 0.2) is 0 Å². The predicted molar refractivity (Wildman–Crippen MR) is 121 cm³/mol. The van der Waals surface area contributed by atoms with Crippen LogP contribution in [0.2, 0.25) is 0 Å². The van der Waals surface area contributed by atoms with Crippen LogP contribution in [0.5, 0.6) is 0 Å². The van der Waals surface area contributed by atoms with E-state index in [0.29, 0.717) is 18.3 Å². The van der Waals surface area contributed by atoms with Crippen LogP contribution in [-0.2, 0) is 18.8 Å². The molecule has 0 spiro atoms. The lowest BCUT2D eigenvalue weighted by atomic mass is 9.77. The van der Waals surface area contributed by atoms with Gasteiger partial charge in [-0.25, -0.2) is 0 Å². The minimum Gasteiger partial charge on any atom is -0.460 e. The minimum atomic E-state index is -0.399. The molecule has 2 heterocycles. The number of carbonyl (C=O) groups excluding carboxylic acids is 1. The van der Waals surface area contributed by atoms with Crippen molar-refractivity contribution >= 4 is 19.3 Å². The van der Waals surface area contributed by atoms with Gasteiger partial charge in [0.05, 0.1) is 11.2 Å². The molecule has 6 heteroatoms. The summed E-state index contributed by atoms with van der Waals surface area (Å²) in [4.78, 5) is 16.8. The molecule has 0 aromatic rings. The van der Waals surface area contributed by atoms with Crippen molar-refractivity contribution in [2.75, 3.05) is 0 Å². The fourth-order valence-electron chi connectivity index (χ4n) is 4.18. The zero-order valence-electron chi connectivity index (χ0n) is 19.8. The summed E-state index contributed by atoms with van der Waals surface area (Å²) >= 11 is 0. The molecule has 0 aromatic heterocycles. The van der Waals surface area contributed by atoms with Gasteiger partial charge in [0.2, 0.25) is 0 Å². The second-order valence-corrected chi connectivity index (χ2v) is 11.0. The highest BCUT2D eigenvalue weighted by Crippen LogP contribution is 2.39. The van der Waals surface area contributed by atoms with E-state index in [1.165, 1.54) is 0 Å². The highest BCUT2D eigenvalue weighted by Gasteiger charge is 2.52. The van der Waals surface area contributed by atoms with Crippen molar-refractivity contribution in [1.29, 1.82) is 0 Å². The van der Waals surface area contributed by atoms with Crippen LogP contribution < -0.4 is 0 Å². The lowest BCUT2D eigenvalue weighted by molar-refractivity contribution is -0.156. The number of dihydropyridines is 1. The Labute approximate surface area is 182 Å². The zero-order chi connectivity index (χ0) is 22.2. The number of hydrogen-bond donors (Lipinski definition) is 0. The van der Waals surface area contributed by atoms with Gasteiger partial charge in [-0.1, -0.05) is 12.2 Å². The second kappa shape index (κ2) is 8.62. The first-order valence-corrected chi connectivity index (χ1v) is 11.4. The van der Waals surface area contributed by atoms with Gasteiger partial charge in [-0.3, -0.25) is 9.79 Å². The summed E-state index contributed by atoms with van der Waals surface area (Å²) < 4.78 is 17.7. The van der Waals surface area contributed by atoms with E-state index >= 15 is 0 Å². The molecule has 166 valence electrons. The second-order valence-electron chi connectivity index (χ2n) is 11.0. The predicted octanol–water partition coefficient (Wildman–Crippen LogP) is 5.44. The Balaban J connectivity index is 1.47. The first-order valence-electron chi connectivity index (χ1n) is 11.4. The van der Waals surface area contributed by atoms with Crippen LogP contribution in [0.4, 0.5) is 0 Å². The molecule has 0 radical (unpaired) electrons. The summed E-state index contributed by atoms with van der Waals surface area (Å²) in [5.41, 5.74) is 1.06. The molecule has 3 aliphatic rings. The van der Waals surface area contributed by atoms with Crippen molar-refractivity contribution in [3.8, 4) is 0 Å². The molecule has 0 unspecified atom stereocenters. The molecule has 3 rings (SSSR count). The van der Waals surface area contributed by atoms with Gasteiger partial charge < -0.3 is 14.0 Å². The third-order valence-electron chi connectivity index (χ3n) is 6.65. The molecule has 0 N–H and O–H groups in total. The zero-order valence-corrected chi connectivity index (χ0v) is 19.8. The molecule has 0 atom stereocenters. The van der Waals surface area contributed by atoms with Crippen molar-refractivity contribution in [3.05, 3.63) is 23.3 Å². The largest absolute Gasteiger partial charge is 0.496 e. The van der Waals surface area contributed by atoms with Crippen LogP contribution >= 0.6 is 0 Å². The Morgan fingerprint density at radius 1 is 1.17 bits per heavy atom. The van der Waals surface area contributed by atoms with E-state index in [-0.39, 0.29) is 24.3 Å². The molecular formula is C24H38BNO4. The van der Waals surface area contributed by atoms with E-state index in [2.05, 4.69) is 44.8 Å². The van der Waals surface area contributed by atoms with Crippen LogP contribution in [0.1, 0.15) is 87.0 Å². The quantitative estimate of drug-likeness (QED) is 0.453. The van der Waals surface area contributed by atoms with Crippen molar-refractivity contribution in [1.82, 2.24) is 0 Å². The van der Waals surface area contributed by atoms with E-state index < -0.39 is 5.60 Å². The molecule has 0 amide bonds. The van der Waals surface area contributed by atoms with Gasteiger partial charge in [-0.05, 0) is 91.5 Å². The average molecular weight is 415 g/mol. The summed E-state index contributed by atoms with van der Waals surface area (Å²) in [7, 11) is -0.344. The third-order valence-corrected chi connectivity index (χ3v) is 6.65. The number of nitrogens with zero attached hydrogens (tertiary/aromatic N) is 1. The molecule has 30 heavy (non-hydrogen) atoms. The van der Waals surface area contributed by atoms with Crippen LogP contribution in [-0.4, -0.2) is 36.1 Å². The van der Waals surface area contributed by atoms with Gasteiger partial charge in [0, 0.05) is 24.8 Å². The lowest BCUT2D eigenvalue weighted by Crippen LogP contribution is -2.41. The van der Waals surface area contributed by atoms with E-state index in [0.717, 1.165) is 43.3 Å². The van der Waals surface area contributed by atoms with Gasteiger partial charge in [-0.2, -0.15) is 0 Å². The highest BCUT2D eigenvalue weighted by molar-refractivity contribution is 6.60. The van der Waals surface area contributed by atoms with Crippen LogP contribution in [0.3, 0.4) is 0 Å². The van der Waals surface area contributed by atoms with Crippen LogP contribution in [0.25, 0.3) is 0 Å². The number of carbonyl (C=O) groups is 1. The van der Waals surface area contributed by atoms with Crippen molar-refractivity contribution in [2.45, 2.75) is 104 Å². The molecule has 1 saturated heterocycles. The van der Waals surface area contributed by atoms with E-state index in [4.69, 9.17) is 14.0 Å². The third kappa shape index (κ3) is 5.85. The van der Waals surface area contributed by atoms with Gasteiger partial charge >= 0.3 is 13.1 Å². The number of hydrogen-bond acceptors (Lipinski definition) is 5.